The molecule has 3 aromatic rings. The summed E-state index contributed by atoms with van der Waals surface area (Å²) in [6.45, 7) is 4.72. The van der Waals surface area contributed by atoms with Crippen molar-refractivity contribution < 1.29 is 13.2 Å². The average Bonchev–Trinajstić information content (AvgIpc) is 2.84. The van der Waals surface area contributed by atoms with Crippen LogP contribution < -0.4 is 5.32 Å². The summed E-state index contributed by atoms with van der Waals surface area (Å²) in [6, 6.07) is 24.0. The average molecular weight is 509 g/mol. The van der Waals surface area contributed by atoms with Crippen molar-refractivity contribution in [1.29, 1.82) is 0 Å². The minimum atomic E-state index is -3.40. The molecule has 35 heavy (non-hydrogen) atoms. The Bertz CT molecular complexity index is 1270. The number of sulfonamides is 1. The molecule has 3 aromatic carbocycles. The fraction of sp³-hybridized carbons (Fsp3) is 0.321. The van der Waals surface area contributed by atoms with Crippen LogP contribution in [0.1, 0.15) is 35.1 Å². The van der Waals surface area contributed by atoms with Crippen LogP contribution in [0.15, 0.2) is 77.7 Å². The number of carbonyl (C=O) groups excluding carboxylic acids is 1. The first kappa shape index (κ1) is 25.5. The molecule has 1 heterocycles. The van der Waals surface area contributed by atoms with Gasteiger partial charge in [-0.1, -0.05) is 60.2 Å². The van der Waals surface area contributed by atoms with Gasteiger partial charge in [0.05, 0.1) is 5.75 Å². The maximum Gasteiger partial charge on any atom is 0.227 e. The number of piperidine rings is 1. The van der Waals surface area contributed by atoms with Gasteiger partial charge in [0.1, 0.15) is 0 Å². The van der Waals surface area contributed by atoms with Crippen molar-refractivity contribution in [2.45, 2.75) is 43.1 Å². The summed E-state index contributed by atoms with van der Waals surface area (Å²) in [5.41, 5.74) is 4.90. The number of anilines is 1. The van der Waals surface area contributed by atoms with Crippen LogP contribution in [0.25, 0.3) is 0 Å². The number of nitrogens with zero attached hydrogens (tertiary/aromatic N) is 1. The van der Waals surface area contributed by atoms with Gasteiger partial charge in [0.2, 0.25) is 15.9 Å². The summed E-state index contributed by atoms with van der Waals surface area (Å²) in [4.78, 5) is 14.1. The quantitative estimate of drug-likeness (QED) is 0.392. The van der Waals surface area contributed by atoms with Crippen LogP contribution in [-0.4, -0.2) is 31.7 Å². The molecular formula is C28H32N2O3S2. The summed E-state index contributed by atoms with van der Waals surface area (Å²) in [5.74, 6) is 0.650. The van der Waals surface area contributed by atoms with Gasteiger partial charge < -0.3 is 5.32 Å². The van der Waals surface area contributed by atoms with Crippen molar-refractivity contribution >= 4 is 33.4 Å². The summed E-state index contributed by atoms with van der Waals surface area (Å²) in [7, 11) is -3.40. The molecule has 1 fully saturated rings. The van der Waals surface area contributed by atoms with E-state index < -0.39 is 10.0 Å². The van der Waals surface area contributed by atoms with Crippen LogP contribution in [0.5, 0.6) is 0 Å². The molecule has 1 amide bonds. The number of aryl methyl sites for hydroxylation is 2. The number of benzene rings is 3. The predicted molar refractivity (Wildman–Crippen MR) is 144 cm³/mol. The fourth-order valence-electron chi connectivity index (χ4n) is 4.37. The zero-order valence-electron chi connectivity index (χ0n) is 20.2. The number of rotatable bonds is 8. The Morgan fingerprint density at radius 3 is 2.37 bits per heavy atom. The van der Waals surface area contributed by atoms with E-state index in [4.69, 9.17) is 0 Å². The molecule has 0 saturated carbocycles. The van der Waals surface area contributed by atoms with Crippen LogP contribution in [0.3, 0.4) is 0 Å². The van der Waals surface area contributed by atoms with E-state index in [2.05, 4.69) is 29.6 Å². The molecule has 1 aliphatic heterocycles. The molecule has 0 unspecified atom stereocenters. The number of carbonyl (C=O) groups is 1. The Labute approximate surface area is 213 Å². The molecule has 4 rings (SSSR count). The van der Waals surface area contributed by atoms with E-state index in [1.807, 2.05) is 62.4 Å². The van der Waals surface area contributed by atoms with Crippen LogP contribution in [0.4, 0.5) is 5.69 Å². The van der Waals surface area contributed by atoms with Crippen LogP contribution in [-0.2, 0) is 26.3 Å². The topological polar surface area (TPSA) is 66.5 Å². The largest absolute Gasteiger partial charge is 0.326 e. The summed E-state index contributed by atoms with van der Waals surface area (Å²) in [5, 5.41) is 3.07. The zero-order valence-corrected chi connectivity index (χ0v) is 21.9. The van der Waals surface area contributed by atoms with E-state index in [-0.39, 0.29) is 17.6 Å². The summed E-state index contributed by atoms with van der Waals surface area (Å²) < 4.78 is 27.3. The highest BCUT2D eigenvalue weighted by Gasteiger charge is 2.31. The predicted octanol–water partition coefficient (Wildman–Crippen LogP) is 5.78. The fourth-order valence-corrected chi connectivity index (χ4v) is 6.79. The summed E-state index contributed by atoms with van der Waals surface area (Å²) >= 11 is 1.79. The second kappa shape index (κ2) is 11.4. The van der Waals surface area contributed by atoms with Crippen LogP contribution in [0.2, 0.25) is 0 Å². The number of hydrogen-bond acceptors (Lipinski definition) is 4. The molecule has 1 saturated heterocycles. The lowest BCUT2D eigenvalue weighted by molar-refractivity contribution is -0.120. The van der Waals surface area contributed by atoms with Gasteiger partial charge in [0.15, 0.2) is 0 Å². The third kappa shape index (κ3) is 6.97. The van der Waals surface area contributed by atoms with Gasteiger partial charge in [-0.05, 0) is 61.6 Å². The molecular weight excluding hydrogens is 476 g/mol. The number of hydrogen-bond donors (Lipinski definition) is 1. The maximum absolute atomic E-state index is 12.9. The Morgan fingerprint density at radius 1 is 0.943 bits per heavy atom. The Morgan fingerprint density at radius 2 is 1.69 bits per heavy atom. The highest BCUT2D eigenvalue weighted by atomic mass is 32.2. The molecule has 5 nitrogen and oxygen atoms in total. The molecule has 0 aliphatic carbocycles. The molecule has 0 spiro atoms. The molecule has 0 bridgehead atoms. The SMILES string of the molecule is Cc1cccc(CS(=O)(=O)N2CCC(C(=O)Nc3ccc(CSc4ccccc4)cc3C)CC2)c1. The van der Waals surface area contributed by atoms with Crippen molar-refractivity contribution in [2.24, 2.45) is 5.92 Å². The zero-order chi connectivity index (χ0) is 24.8. The first-order chi connectivity index (χ1) is 16.8. The van der Waals surface area contributed by atoms with Gasteiger partial charge in [-0.2, -0.15) is 0 Å². The summed E-state index contributed by atoms with van der Waals surface area (Å²) in [6.07, 6.45) is 1.06. The standard InChI is InChI=1S/C28H32N2O3S2/c1-21-7-6-8-24(17-21)20-35(32,33)30-15-13-25(14-16-30)28(31)29-27-12-11-23(18-22(27)2)19-34-26-9-4-3-5-10-26/h3-12,17-18,25H,13-16,19-20H2,1-2H3,(H,29,31). The molecule has 0 radical (unpaired) electrons. The van der Waals surface area contributed by atoms with Crippen molar-refractivity contribution in [3.63, 3.8) is 0 Å². The Kier molecular flexibility index (Phi) is 8.31. The van der Waals surface area contributed by atoms with Crippen LogP contribution >= 0.6 is 11.8 Å². The van der Waals surface area contributed by atoms with E-state index in [1.54, 1.807) is 11.8 Å². The molecule has 184 valence electrons. The smallest absolute Gasteiger partial charge is 0.227 e. The van der Waals surface area contributed by atoms with Gasteiger partial charge in [-0.15, -0.1) is 11.8 Å². The van der Waals surface area contributed by atoms with Crippen molar-refractivity contribution in [3.05, 3.63) is 95.1 Å². The lowest BCUT2D eigenvalue weighted by Crippen LogP contribution is -2.41. The molecule has 7 heteroatoms. The highest BCUT2D eigenvalue weighted by Crippen LogP contribution is 2.27. The third-order valence-electron chi connectivity index (χ3n) is 6.35. The number of nitrogens with one attached hydrogen (secondary N) is 1. The first-order valence-electron chi connectivity index (χ1n) is 11.9. The van der Waals surface area contributed by atoms with E-state index >= 15 is 0 Å². The normalized spacial score (nSPS) is 15.1. The van der Waals surface area contributed by atoms with E-state index in [1.165, 1.54) is 14.8 Å². The highest BCUT2D eigenvalue weighted by molar-refractivity contribution is 7.98. The monoisotopic (exact) mass is 508 g/mol. The minimum Gasteiger partial charge on any atom is -0.326 e. The second-order valence-corrected chi connectivity index (χ2v) is 12.2. The van der Waals surface area contributed by atoms with Gasteiger partial charge >= 0.3 is 0 Å². The van der Waals surface area contributed by atoms with E-state index in [0.29, 0.717) is 25.9 Å². The maximum atomic E-state index is 12.9. The molecule has 0 atom stereocenters. The number of amides is 1. The van der Waals surface area contributed by atoms with Gasteiger partial charge in [-0.25, -0.2) is 12.7 Å². The third-order valence-corrected chi connectivity index (χ3v) is 9.28. The first-order valence-corrected chi connectivity index (χ1v) is 14.5. The van der Waals surface area contributed by atoms with Gasteiger partial charge in [-0.3, -0.25) is 4.79 Å². The molecule has 0 aromatic heterocycles. The van der Waals surface area contributed by atoms with Crippen LogP contribution in [0, 0.1) is 19.8 Å². The lowest BCUT2D eigenvalue weighted by Gasteiger charge is -2.30. The molecule has 1 N–H and O–H groups in total. The van der Waals surface area contributed by atoms with E-state index in [9.17, 15) is 13.2 Å². The van der Waals surface area contributed by atoms with Gasteiger partial charge in [0.25, 0.3) is 0 Å². The minimum absolute atomic E-state index is 0.000353. The number of thioether (sulfide) groups is 1. The lowest BCUT2D eigenvalue weighted by atomic mass is 9.97. The van der Waals surface area contributed by atoms with Gasteiger partial charge in [0, 0.05) is 35.3 Å². The second-order valence-electron chi connectivity index (χ2n) is 9.16. The Hall–Kier alpha value is -2.61. The Balaban J connectivity index is 1.29. The molecule has 1 aliphatic rings. The van der Waals surface area contributed by atoms with Crippen molar-refractivity contribution in [2.75, 3.05) is 18.4 Å². The van der Waals surface area contributed by atoms with Crippen molar-refractivity contribution in [3.8, 4) is 0 Å². The van der Waals surface area contributed by atoms with Crippen molar-refractivity contribution in [1.82, 2.24) is 4.31 Å². The van der Waals surface area contributed by atoms with E-state index in [0.717, 1.165) is 28.1 Å².